The van der Waals surface area contributed by atoms with Crippen LogP contribution in [0.1, 0.15) is 72.7 Å². The van der Waals surface area contributed by atoms with Gasteiger partial charge in [-0.3, -0.25) is 9.98 Å². The van der Waals surface area contributed by atoms with Crippen LogP contribution in [-0.2, 0) is 26.3 Å². The summed E-state index contributed by atoms with van der Waals surface area (Å²) in [5, 5.41) is 1.22. The van der Waals surface area contributed by atoms with Crippen molar-refractivity contribution >= 4 is 109 Å². The Balaban J connectivity index is 0.000000284. The van der Waals surface area contributed by atoms with Gasteiger partial charge in [0.05, 0.1) is 78.4 Å². The van der Waals surface area contributed by atoms with Gasteiger partial charge in [-0.15, -0.1) is 0 Å². The molecule has 4 aromatic carbocycles. The summed E-state index contributed by atoms with van der Waals surface area (Å²) in [5.74, 6) is 0. The number of nitrogens with zero attached hydrogens (tertiary/aromatic N) is 6. The zero-order chi connectivity index (χ0) is 44.2. The number of pyridine rings is 2. The van der Waals surface area contributed by atoms with E-state index in [0.717, 1.165) is 68.4 Å². The Labute approximate surface area is 393 Å². The molecule has 2 heterocycles. The van der Waals surface area contributed by atoms with Gasteiger partial charge < -0.3 is 0 Å². The van der Waals surface area contributed by atoms with Gasteiger partial charge in [-0.1, -0.05) is 96.0 Å². The van der Waals surface area contributed by atoms with E-state index in [1.54, 1.807) is 0 Å². The number of para-hydroxylation sites is 4. The second kappa shape index (κ2) is 26.9. The molecular formula is C46H44Cl6Fe2N6. The molecule has 0 aliphatic heterocycles. The molecule has 60 heavy (non-hydrogen) atoms. The van der Waals surface area contributed by atoms with Gasteiger partial charge in [0, 0.05) is 0 Å². The van der Waals surface area contributed by atoms with Gasteiger partial charge in [-0.25, -0.2) is 20.0 Å². The zero-order valence-corrected chi connectivity index (χ0v) is 40.9. The maximum absolute atomic E-state index is 6.18. The predicted octanol–water partition coefficient (Wildman–Crippen LogP) is 16.0. The molecule has 6 rings (SSSR count). The third-order valence-electron chi connectivity index (χ3n) is 8.70. The molecule has 6 aromatic rings. The SMILES string of the molecule is CC(=Nc1c(C)cccc1C)c1cccc(C(C)=Nc2c(C)cccc2C)n1.CC(=Nc1ccccc1Cl)c1cccc(C(C)=Nc2ccccc2Cl)n1.[Cl][Fe][Cl].[Cl][Fe][Cl]. The van der Waals surface area contributed by atoms with Gasteiger partial charge in [0.2, 0.25) is 0 Å². The summed E-state index contributed by atoms with van der Waals surface area (Å²) < 4.78 is 0. The molecule has 0 N–H and O–H groups in total. The minimum absolute atomic E-state index is 0.194. The third-order valence-corrected chi connectivity index (χ3v) is 9.34. The van der Waals surface area contributed by atoms with Gasteiger partial charge in [0.15, 0.2) is 0 Å². The number of halogens is 6. The van der Waals surface area contributed by atoms with Crippen molar-refractivity contribution in [3.63, 3.8) is 0 Å². The van der Waals surface area contributed by atoms with Crippen molar-refractivity contribution in [1.29, 1.82) is 0 Å². The van der Waals surface area contributed by atoms with Gasteiger partial charge in [0.25, 0.3) is 0 Å². The van der Waals surface area contributed by atoms with Crippen molar-refractivity contribution in [1.82, 2.24) is 9.97 Å². The average Bonchev–Trinajstić information content (AvgIpc) is 3.23. The van der Waals surface area contributed by atoms with E-state index < -0.39 is 0 Å². The van der Waals surface area contributed by atoms with E-state index >= 15 is 0 Å². The standard InChI is InChI=1S/C25H27N3.C21H17Cl2N3.4ClH.2Fe/c1-16-10-7-11-17(2)24(16)26-20(5)22-14-9-15-23(28-22)21(6)27-25-18(3)12-8-13-19(25)4;1-14(24-20-10-5-3-8-16(20)22)18-12-7-13-19(26-18)15(2)25-21-11-6-4-9-17(21)23;;;;;;/h7-15H,1-6H3;3-13H,1-2H3;4*1H;;/q;;;;;;2*+2/p-4. The summed E-state index contributed by atoms with van der Waals surface area (Å²) in [4.78, 5) is 28.4. The normalized spacial score (nSPS) is 11.8. The first-order valence-corrected chi connectivity index (χ1v) is 25.1. The molecule has 0 atom stereocenters. The average molecular weight is 1010 g/mol. The monoisotopic (exact) mass is 1000 g/mol. The fourth-order valence-electron chi connectivity index (χ4n) is 5.65. The first-order chi connectivity index (χ1) is 28.7. The van der Waals surface area contributed by atoms with Crippen molar-refractivity contribution < 1.29 is 26.3 Å². The first-order valence-electron chi connectivity index (χ1n) is 18.2. The van der Waals surface area contributed by atoms with E-state index in [4.69, 9.17) is 78.6 Å². The van der Waals surface area contributed by atoms with Crippen LogP contribution < -0.4 is 0 Å². The summed E-state index contributed by atoms with van der Waals surface area (Å²) >= 11 is 12.8. The van der Waals surface area contributed by atoms with Crippen LogP contribution in [0.25, 0.3) is 0 Å². The van der Waals surface area contributed by atoms with E-state index in [9.17, 15) is 0 Å². The van der Waals surface area contributed by atoms with Crippen molar-refractivity contribution in [2.75, 3.05) is 0 Å². The molecule has 2 aromatic heterocycles. The number of aromatic nitrogens is 2. The zero-order valence-electron chi connectivity index (χ0n) is 34.2. The minimum atomic E-state index is 0.194. The van der Waals surface area contributed by atoms with Gasteiger partial charge in [-0.2, -0.15) is 0 Å². The van der Waals surface area contributed by atoms with Crippen LogP contribution in [0.5, 0.6) is 0 Å². The molecule has 0 fully saturated rings. The van der Waals surface area contributed by atoms with Gasteiger partial charge in [-0.05, 0) is 126 Å². The molecule has 14 heteroatoms. The Hall–Kier alpha value is -3.36. The van der Waals surface area contributed by atoms with E-state index in [1.165, 1.54) is 22.3 Å². The number of hydrogen-bond acceptors (Lipinski definition) is 6. The van der Waals surface area contributed by atoms with Crippen LogP contribution >= 0.6 is 63.6 Å². The number of benzene rings is 4. The second-order valence-corrected chi connectivity index (χ2v) is 17.6. The van der Waals surface area contributed by atoms with Crippen LogP contribution in [0.2, 0.25) is 10.0 Å². The molecule has 0 aliphatic rings. The Kier molecular flexibility index (Phi) is 22.8. The van der Waals surface area contributed by atoms with Crippen LogP contribution in [0.3, 0.4) is 0 Å². The third kappa shape index (κ3) is 16.2. The number of hydrogen-bond donors (Lipinski definition) is 0. The molecular weight excluding hydrogens is 961 g/mol. The molecule has 316 valence electrons. The van der Waals surface area contributed by atoms with E-state index in [1.807, 2.05) is 113 Å². The van der Waals surface area contributed by atoms with Crippen molar-refractivity contribution in [2.45, 2.75) is 55.4 Å². The quantitative estimate of drug-likeness (QED) is 0.113. The van der Waals surface area contributed by atoms with Crippen molar-refractivity contribution in [3.8, 4) is 0 Å². The summed E-state index contributed by atoms with van der Waals surface area (Å²) in [7, 11) is 19.1. The van der Waals surface area contributed by atoms with E-state index in [0.29, 0.717) is 10.0 Å². The second-order valence-electron chi connectivity index (χ2n) is 13.1. The van der Waals surface area contributed by atoms with E-state index in [-0.39, 0.29) is 26.3 Å². The summed E-state index contributed by atoms with van der Waals surface area (Å²) in [6.07, 6.45) is 0. The summed E-state index contributed by atoms with van der Waals surface area (Å²) in [6.45, 7) is 16.2. The van der Waals surface area contributed by atoms with Crippen LogP contribution in [-0.4, -0.2) is 32.8 Å². The molecule has 0 bridgehead atoms. The van der Waals surface area contributed by atoms with Crippen molar-refractivity contribution in [2.24, 2.45) is 20.0 Å². The van der Waals surface area contributed by atoms with E-state index in [2.05, 4.69) is 79.1 Å². The van der Waals surface area contributed by atoms with Crippen LogP contribution in [0.15, 0.2) is 141 Å². The molecule has 0 unspecified atom stereocenters. The van der Waals surface area contributed by atoms with Crippen LogP contribution in [0.4, 0.5) is 22.7 Å². The predicted molar refractivity (Wildman–Crippen MR) is 254 cm³/mol. The Morgan fingerprint density at radius 2 is 0.633 bits per heavy atom. The fraction of sp³-hybridized carbons (Fsp3) is 0.174. The molecule has 0 spiro atoms. The summed E-state index contributed by atoms with van der Waals surface area (Å²) in [5.41, 5.74) is 14.8. The molecule has 0 amide bonds. The van der Waals surface area contributed by atoms with Crippen molar-refractivity contribution in [3.05, 3.63) is 176 Å². The number of aryl methyl sites for hydroxylation is 4. The molecule has 0 saturated heterocycles. The molecule has 0 radical (unpaired) electrons. The number of rotatable bonds is 8. The van der Waals surface area contributed by atoms with Gasteiger partial charge in [0.1, 0.15) is 0 Å². The first kappa shape index (κ1) is 51.0. The molecule has 0 aliphatic carbocycles. The number of aliphatic imine (C=N–C) groups is 4. The maximum atomic E-state index is 6.18. The van der Waals surface area contributed by atoms with Gasteiger partial charge >= 0.3 is 66.7 Å². The van der Waals surface area contributed by atoms with Crippen LogP contribution in [0, 0.1) is 27.7 Å². The summed E-state index contributed by atoms with van der Waals surface area (Å²) in [6, 6.07) is 39.2. The molecule has 0 saturated carbocycles. The topological polar surface area (TPSA) is 75.2 Å². The molecule has 6 nitrogen and oxygen atoms in total. The Morgan fingerprint density at radius 3 is 0.917 bits per heavy atom. The Bertz CT molecular complexity index is 2270. The fourth-order valence-corrected chi connectivity index (χ4v) is 6.01. The Morgan fingerprint density at radius 1 is 0.383 bits per heavy atom.